The van der Waals surface area contributed by atoms with Crippen LogP contribution in [0.3, 0.4) is 0 Å². The predicted molar refractivity (Wildman–Crippen MR) is 140 cm³/mol. The Labute approximate surface area is 223 Å². The van der Waals surface area contributed by atoms with Crippen LogP contribution in [0.4, 0.5) is 4.79 Å². The minimum Gasteiger partial charge on any atom is -0.497 e. The van der Waals surface area contributed by atoms with E-state index < -0.39 is 47.2 Å². The van der Waals surface area contributed by atoms with Crippen LogP contribution in [0.1, 0.15) is 53.8 Å². The first-order chi connectivity index (χ1) is 17.6. The molecule has 11 nitrogen and oxygen atoms in total. The van der Waals surface area contributed by atoms with E-state index in [9.17, 15) is 14.4 Å². The van der Waals surface area contributed by atoms with Gasteiger partial charge in [0, 0.05) is 6.42 Å². The van der Waals surface area contributed by atoms with E-state index in [2.05, 4.69) is 15.3 Å². The smallest absolute Gasteiger partial charge is 0.408 e. The van der Waals surface area contributed by atoms with E-state index in [1.807, 2.05) is 26.8 Å². The van der Waals surface area contributed by atoms with Crippen molar-refractivity contribution in [3.63, 3.8) is 0 Å². The van der Waals surface area contributed by atoms with Gasteiger partial charge in [-0.2, -0.15) is 4.98 Å². The predicted octanol–water partition coefficient (Wildman–Crippen LogP) is 3.41. The number of aryl methyl sites for hydroxylation is 1. The lowest BCUT2D eigenvalue weighted by molar-refractivity contribution is -0.152. The summed E-state index contributed by atoms with van der Waals surface area (Å²) in [6.07, 6.45) is -1.09. The molecule has 1 saturated heterocycles. The van der Waals surface area contributed by atoms with Crippen LogP contribution in [0.15, 0.2) is 18.2 Å². The summed E-state index contributed by atoms with van der Waals surface area (Å²) in [5, 5.41) is 3.34. The maximum atomic E-state index is 13.8. The number of ether oxygens (including phenoxy) is 4. The number of fused-ring (bicyclic) bond motifs is 1. The molecule has 1 aromatic carbocycles. The van der Waals surface area contributed by atoms with Crippen molar-refractivity contribution in [1.29, 1.82) is 0 Å². The maximum Gasteiger partial charge on any atom is 0.408 e. The molecular weight excluding hydrogens is 492 g/mol. The van der Waals surface area contributed by atoms with Crippen molar-refractivity contribution < 1.29 is 33.3 Å². The molecule has 0 spiro atoms. The summed E-state index contributed by atoms with van der Waals surface area (Å²) in [7, 11) is 2.84. The molecular formula is C27H38N4O7. The number of alkyl carbamates (subject to hydrolysis) is 1. The Morgan fingerprint density at radius 2 is 1.76 bits per heavy atom. The number of likely N-dealkylation sites (tertiary alicyclic amines) is 1. The van der Waals surface area contributed by atoms with Crippen molar-refractivity contribution >= 4 is 28.9 Å². The fourth-order valence-corrected chi connectivity index (χ4v) is 4.29. The van der Waals surface area contributed by atoms with Gasteiger partial charge in [0.15, 0.2) is 0 Å². The minimum absolute atomic E-state index is 0.0929. The van der Waals surface area contributed by atoms with E-state index in [-0.39, 0.29) is 13.0 Å². The van der Waals surface area contributed by atoms with Crippen molar-refractivity contribution in [3.05, 3.63) is 24.0 Å². The number of nitrogens with zero attached hydrogens (tertiary/aromatic N) is 3. The molecule has 2 aromatic rings. The average molecular weight is 531 g/mol. The van der Waals surface area contributed by atoms with E-state index >= 15 is 0 Å². The highest BCUT2D eigenvalue weighted by atomic mass is 16.6. The van der Waals surface area contributed by atoms with Crippen molar-refractivity contribution in [2.45, 2.75) is 78.7 Å². The molecule has 38 heavy (non-hydrogen) atoms. The Balaban J connectivity index is 1.90. The Morgan fingerprint density at radius 1 is 1.08 bits per heavy atom. The number of nitrogens with one attached hydrogen (secondary N) is 1. The lowest BCUT2D eigenvalue weighted by Crippen LogP contribution is -2.57. The third kappa shape index (κ3) is 6.81. The number of hydrogen-bond donors (Lipinski definition) is 1. The average Bonchev–Trinajstić information content (AvgIpc) is 3.23. The second-order valence-electron chi connectivity index (χ2n) is 11.4. The number of rotatable bonds is 6. The molecule has 1 aliphatic rings. The van der Waals surface area contributed by atoms with Crippen LogP contribution in [-0.4, -0.2) is 77.4 Å². The summed E-state index contributed by atoms with van der Waals surface area (Å²) >= 11 is 0. The summed E-state index contributed by atoms with van der Waals surface area (Å²) in [5.74, 6) is 0.456. The van der Waals surface area contributed by atoms with Gasteiger partial charge in [0.05, 0.1) is 31.7 Å². The van der Waals surface area contributed by atoms with Crippen LogP contribution >= 0.6 is 0 Å². The summed E-state index contributed by atoms with van der Waals surface area (Å²) in [6, 6.07) is 3.53. The summed E-state index contributed by atoms with van der Waals surface area (Å²) in [6.45, 7) is 12.6. The number of aromatic nitrogens is 2. The van der Waals surface area contributed by atoms with E-state index in [1.165, 1.54) is 12.0 Å². The molecule has 208 valence electrons. The second-order valence-corrected chi connectivity index (χ2v) is 11.4. The van der Waals surface area contributed by atoms with E-state index in [0.29, 0.717) is 28.4 Å². The minimum atomic E-state index is -0.963. The Hall–Kier alpha value is -3.63. The first kappa shape index (κ1) is 28.9. The van der Waals surface area contributed by atoms with Gasteiger partial charge in [0.1, 0.15) is 35.4 Å². The third-order valence-corrected chi connectivity index (χ3v) is 6.05. The van der Waals surface area contributed by atoms with E-state index in [4.69, 9.17) is 18.9 Å². The van der Waals surface area contributed by atoms with Crippen LogP contribution in [0, 0.1) is 12.3 Å². The molecule has 1 aromatic heterocycles. The lowest BCUT2D eigenvalue weighted by Gasteiger charge is -2.35. The van der Waals surface area contributed by atoms with Crippen LogP contribution in [-0.2, 0) is 19.1 Å². The highest BCUT2D eigenvalue weighted by Gasteiger charge is 2.46. The molecule has 2 heterocycles. The number of hydrogen-bond acceptors (Lipinski definition) is 9. The van der Waals surface area contributed by atoms with Crippen molar-refractivity contribution in [2.75, 3.05) is 20.8 Å². The summed E-state index contributed by atoms with van der Waals surface area (Å²) < 4.78 is 22.0. The summed E-state index contributed by atoms with van der Waals surface area (Å²) in [5.41, 5.74) is -0.736. The highest BCUT2D eigenvalue weighted by molar-refractivity contribution is 5.91. The van der Waals surface area contributed by atoms with E-state index in [1.54, 1.807) is 46.9 Å². The summed E-state index contributed by atoms with van der Waals surface area (Å²) in [4.78, 5) is 49.5. The monoisotopic (exact) mass is 530 g/mol. The van der Waals surface area contributed by atoms with Gasteiger partial charge in [0.2, 0.25) is 11.8 Å². The zero-order valence-corrected chi connectivity index (χ0v) is 23.6. The van der Waals surface area contributed by atoms with Gasteiger partial charge < -0.3 is 29.2 Å². The Kier molecular flexibility index (Phi) is 8.38. The molecule has 0 saturated carbocycles. The van der Waals surface area contributed by atoms with Crippen LogP contribution in [0.5, 0.6) is 11.6 Å². The Bertz CT molecular complexity index is 1200. The SMILES string of the molecule is COC(=O)C1CC(Oc2nc(C)nc3ccc(OC)cc23)CN1C(=O)C(NC(=O)OC(C)(C)C)C(C)(C)C. The number of esters is 1. The van der Waals surface area contributed by atoms with Gasteiger partial charge in [-0.3, -0.25) is 4.79 Å². The molecule has 0 radical (unpaired) electrons. The normalized spacial score (nSPS) is 18.6. The first-order valence-corrected chi connectivity index (χ1v) is 12.5. The molecule has 3 atom stereocenters. The molecule has 1 fully saturated rings. The van der Waals surface area contributed by atoms with Crippen molar-refractivity contribution in [1.82, 2.24) is 20.2 Å². The fourth-order valence-electron chi connectivity index (χ4n) is 4.29. The molecule has 0 bridgehead atoms. The third-order valence-electron chi connectivity index (χ3n) is 6.05. The van der Waals surface area contributed by atoms with Gasteiger partial charge in [0.25, 0.3) is 0 Å². The van der Waals surface area contributed by atoms with Gasteiger partial charge in [-0.25, -0.2) is 14.6 Å². The largest absolute Gasteiger partial charge is 0.497 e. The van der Waals surface area contributed by atoms with Gasteiger partial charge in [-0.15, -0.1) is 0 Å². The van der Waals surface area contributed by atoms with Crippen LogP contribution in [0.2, 0.25) is 0 Å². The highest BCUT2D eigenvalue weighted by Crippen LogP contribution is 2.32. The molecule has 1 aliphatic heterocycles. The van der Waals surface area contributed by atoms with Crippen LogP contribution in [0.25, 0.3) is 10.9 Å². The number of amides is 2. The molecule has 11 heteroatoms. The number of methoxy groups -OCH3 is 2. The lowest BCUT2D eigenvalue weighted by atomic mass is 9.85. The second kappa shape index (κ2) is 11.0. The van der Waals surface area contributed by atoms with Crippen LogP contribution < -0.4 is 14.8 Å². The quantitative estimate of drug-likeness (QED) is 0.559. The zero-order valence-electron chi connectivity index (χ0n) is 23.6. The molecule has 2 amide bonds. The topological polar surface area (TPSA) is 129 Å². The molecule has 3 unspecified atom stereocenters. The first-order valence-electron chi connectivity index (χ1n) is 12.5. The number of benzene rings is 1. The van der Waals surface area contributed by atoms with Gasteiger partial charge in [-0.1, -0.05) is 20.8 Å². The molecule has 1 N–H and O–H groups in total. The maximum absolute atomic E-state index is 13.8. The van der Waals surface area contributed by atoms with E-state index in [0.717, 1.165) is 0 Å². The van der Waals surface area contributed by atoms with Crippen molar-refractivity contribution in [2.24, 2.45) is 5.41 Å². The Morgan fingerprint density at radius 3 is 2.34 bits per heavy atom. The fraction of sp³-hybridized carbons (Fsp3) is 0.593. The number of carbonyl (C=O) groups excluding carboxylic acids is 3. The number of carbonyl (C=O) groups is 3. The molecule has 3 rings (SSSR count). The van der Waals surface area contributed by atoms with Gasteiger partial charge >= 0.3 is 12.1 Å². The standard InChI is InChI=1S/C27H38N4O7/c1-15-28-19-11-10-16(35-8)12-18(19)22(29-15)37-17-13-20(24(33)36-9)31(14-17)23(32)21(26(2,3)4)30-25(34)38-27(5,6)7/h10-12,17,20-21H,13-14H2,1-9H3,(H,30,34). The van der Waals surface area contributed by atoms with Gasteiger partial charge in [-0.05, 0) is 51.3 Å². The van der Waals surface area contributed by atoms with Crippen molar-refractivity contribution in [3.8, 4) is 11.6 Å². The zero-order chi connectivity index (χ0) is 28.4. The molecule has 0 aliphatic carbocycles.